The summed E-state index contributed by atoms with van der Waals surface area (Å²) < 4.78 is 0. The Kier molecular flexibility index (Phi) is 3.09. The van der Waals surface area contributed by atoms with E-state index in [0.717, 1.165) is 10.7 Å². The van der Waals surface area contributed by atoms with Gasteiger partial charge in [0, 0.05) is 22.7 Å². The van der Waals surface area contributed by atoms with Gasteiger partial charge in [0.15, 0.2) is 0 Å². The normalized spacial score (nSPS) is 9.73. The molecule has 1 aromatic rings. The van der Waals surface area contributed by atoms with Gasteiger partial charge in [-0.2, -0.15) is 0 Å². The lowest BCUT2D eigenvalue weighted by atomic mass is 10.3. The lowest BCUT2D eigenvalue weighted by Gasteiger charge is -2.05. The molecule has 0 aliphatic heterocycles. The van der Waals surface area contributed by atoms with Crippen LogP contribution in [0.5, 0.6) is 0 Å². The summed E-state index contributed by atoms with van der Waals surface area (Å²) in [5, 5.41) is 3.88. The van der Waals surface area contributed by atoms with Crippen LogP contribution in [0, 0.1) is 0 Å². The molecule has 1 nitrogen and oxygen atoms in total. The van der Waals surface area contributed by atoms with Crippen LogP contribution in [0.3, 0.4) is 0 Å². The Morgan fingerprint density at radius 1 is 1.45 bits per heavy atom. The highest BCUT2D eigenvalue weighted by molar-refractivity contribution is 7.98. The van der Waals surface area contributed by atoms with Gasteiger partial charge >= 0.3 is 0 Å². The van der Waals surface area contributed by atoms with Crippen LogP contribution in [-0.4, -0.2) is 13.3 Å². The highest BCUT2D eigenvalue weighted by Crippen LogP contribution is 2.27. The minimum Gasteiger partial charge on any atom is -0.387 e. The van der Waals surface area contributed by atoms with E-state index in [1.165, 1.54) is 4.90 Å². The predicted molar refractivity (Wildman–Crippen MR) is 52.8 cm³/mol. The summed E-state index contributed by atoms with van der Waals surface area (Å²) in [6.45, 7) is 0. The summed E-state index contributed by atoms with van der Waals surface area (Å²) in [6, 6.07) is 5.82. The molecule has 3 heteroatoms. The molecule has 0 saturated heterocycles. The third-order valence-electron chi connectivity index (χ3n) is 1.43. The third-order valence-corrected chi connectivity index (χ3v) is 2.45. The van der Waals surface area contributed by atoms with Crippen molar-refractivity contribution in [3.05, 3.63) is 23.2 Å². The van der Waals surface area contributed by atoms with Crippen LogP contribution < -0.4 is 5.32 Å². The molecule has 0 aliphatic rings. The Balaban J connectivity index is 3.06. The van der Waals surface area contributed by atoms with Crippen molar-refractivity contribution in [2.75, 3.05) is 18.6 Å². The molecule has 1 aromatic carbocycles. The standard InChI is InChI=1S/C8H10ClNS/c1-10-7-4-3-6(9)5-8(7)11-2/h3-5,10H,1-2H3. The molecule has 0 aromatic heterocycles. The zero-order valence-electron chi connectivity index (χ0n) is 6.52. The van der Waals surface area contributed by atoms with Gasteiger partial charge in [0.1, 0.15) is 0 Å². The molecular weight excluding hydrogens is 178 g/mol. The molecule has 0 saturated carbocycles. The van der Waals surface area contributed by atoms with Crippen LogP contribution in [0.4, 0.5) is 5.69 Å². The Hall–Kier alpha value is -0.340. The van der Waals surface area contributed by atoms with Crippen molar-refractivity contribution < 1.29 is 0 Å². The van der Waals surface area contributed by atoms with E-state index in [1.807, 2.05) is 31.5 Å². The molecule has 0 spiro atoms. The van der Waals surface area contributed by atoms with Crippen LogP contribution in [-0.2, 0) is 0 Å². The SMILES string of the molecule is CNc1ccc(Cl)cc1SC. The second-order valence-electron chi connectivity index (χ2n) is 2.09. The van der Waals surface area contributed by atoms with Crippen molar-refractivity contribution in [1.82, 2.24) is 0 Å². The van der Waals surface area contributed by atoms with Crippen LogP contribution >= 0.6 is 23.4 Å². The molecule has 0 amide bonds. The third kappa shape index (κ3) is 2.04. The Bertz CT molecular complexity index is 250. The van der Waals surface area contributed by atoms with E-state index < -0.39 is 0 Å². The van der Waals surface area contributed by atoms with Crippen LogP contribution in [0.2, 0.25) is 5.02 Å². The quantitative estimate of drug-likeness (QED) is 0.715. The van der Waals surface area contributed by atoms with E-state index in [9.17, 15) is 0 Å². The summed E-state index contributed by atoms with van der Waals surface area (Å²) in [5.41, 5.74) is 1.13. The minimum atomic E-state index is 0.786. The van der Waals surface area contributed by atoms with Crippen LogP contribution in [0.15, 0.2) is 23.1 Å². The van der Waals surface area contributed by atoms with E-state index in [4.69, 9.17) is 11.6 Å². The summed E-state index contributed by atoms with van der Waals surface area (Å²) in [4.78, 5) is 1.18. The zero-order chi connectivity index (χ0) is 8.27. The fourth-order valence-corrected chi connectivity index (χ4v) is 1.74. The Morgan fingerprint density at radius 2 is 2.18 bits per heavy atom. The summed E-state index contributed by atoms with van der Waals surface area (Å²) in [7, 11) is 1.91. The van der Waals surface area contributed by atoms with Crippen molar-refractivity contribution in [3.63, 3.8) is 0 Å². The lowest BCUT2D eigenvalue weighted by molar-refractivity contribution is 1.39. The average Bonchev–Trinajstić information content (AvgIpc) is 2.04. The molecular formula is C8H10ClNS. The maximum absolute atomic E-state index is 5.81. The second kappa shape index (κ2) is 3.88. The van der Waals surface area contributed by atoms with Crippen molar-refractivity contribution in [3.8, 4) is 0 Å². The van der Waals surface area contributed by atoms with Crippen molar-refractivity contribution in [2.24, 2.45) is 0 Å². The molecule has 0 atom stereocenters. The van der Waals surface area contributed by atoms with Crippen LogP contribution in [0.25, 0.3) is 0 Å². The van der Waals surface area contributed by atoms with Crippen molar-refractivity contribution in [1.29, 1.82) is 0 Å². The molecule has 0 fully saturated rings. The van der Waals surface area contributed by atoms with E-state index in [-0.39, 0.29) is 0 Å². The predicted octanol–water partition coefficient (Wildman–Crippen LogP) is 3.10. The molecule has 0 aliphatic carbocycles. The van der Waals surface area contributed by atoms with Crippen molar-refractivity contribution in [2.45, 2.75) is 4.90 Å². The molecule has 60 valence electrons. The van der Waals surface area contributed by atoms with Crippen molar-refractivity contribution >= 4 is 29.1 Å². The average molecular weight is 188 g/mol. The number of rotatable bonds is 2. The number of thioether (sulfide) groups is 1. The fraction of sp³-hybridized carbons (Fsp3) is 0.250. The van der Waals surface area contributed by atoms with Gasteiger partial charge < -0.3 is 5.32 Å². The molecule has 0 heterocycles. The van der Waals surface area contributed by atoms with E-state index >= 15 is 0 Å². The minimum absolute atomic E-state index is 0.786. The topological polar surface area (TPSA) is 12.0 Å². The smallest absolute Gasteiger partial charge is 0.0476 e. The number of anilines is 1. The van der Waals surface area contributed by atoms with E-state index in [2.05, 4.69) is 5.32 Å². The summed E-state index contributed by atoms with van der Waals surface area (Å²) >= 11 is 7.50. The van der Waals surface area contributed by atoms with Gasteiger partial charge in [-0.25, -0.2) is 0 Å². The highest BCUT2D eigenvalue weighted by Gasteiger charge is 1.98. The van der Waals surface area contributed by atoms with Gasteiger partial charge in [-0.1, -0.05) is 11.6 Å². The van der Waals surface area contributed by atoms with Gasteiger partial charge in [0.05, 0.1) is 0 Å². The molecule has 11 heavy (non-hydrogen) atoms. The van der Waals surface area contributed by atoms with Gasteiger partial charge in [-0.05, 0) is 24.5 Å². The number of benzene rings is 1. The fourth-order valence-electron chi connectivity index (χ4n) is 0.872. The van der Waals surface area contributed by atoms with Gasteiger partial charge in [0.2, 0.25) is 0 Å². The monoisotopic (exact) mass is 187 g/mol. The maximum atomic E-state index is 5.81. The molecule has 1 rings (SSSR count). The van der Waals surface area contributed by atoms with E-state index in [0.29, 0.717) is 0 Å². The molecule has 1 N–H and O–H groups in total. The van der Waals surface area contributed by atoms with E-state index in [1.54, 1.807) is 11.8 Å². The number of hydrogen-bond donors (Lipinski definition) is 1. The first-order valence-corrected chi connectivity index (χ1v) is 4.89. The maximum Gasteiger partial charge on any atom is 0.0476 e. The van der Waals surface area contributed by atoms with Gasteiger partial charge in [0.25, 0.3) is 0 Å². The zero-order valence-corrected chi connectivity index (χ0v) is 8.09. The summed E-state index contributed by atoms with van der Waals surface area (Å²) in [6.07, 6.45) is 2.03. The number of nitrogens with one attached hydrogen (secondary N) is 1. The van der Waals surface area contributed by atoms with Crippen LogP contribution in [0.1, 0.15) is 0 Å². The second-order valence-corrected chi connectivity index (χ2v) is 3.38. The summed E-state index contributed by atoms with van der Waals surface area (Å²) in [5.74, 6) is 0. The van der Waals surface area contributed by atoms with Gasteiger partial charge in [-0.15, -0.1) is 11.8 Å². The Labute approximate surface area is 76.1 Å². The largest absolute Gasteiger partial charge is 0.387 e. The Morgan fingerprint density at radius 3 is 2.73 bits per heavy atom. The molecule has 0 radical (unpaired) electrons. The lowest BCUT2D eigenvalue weighted by Crippen LogP contribution is -1.89. The number of halogens is 1. The van der Waals surface area contributed by atoms with Gasteiger partial charge in [-0.3, -0.25) is 0 Å². The molecule has 0 unspecified atom stereocenters. The first kappa shape index (κ1) is 8.75. The highest BCUT2D eigenvalue weighted by atomic mass is 35.5. The first-order chi connectivity index (χ1) is 5.27. The number of hydrogen-bond acceptors (Lipinski definition) is 2. The molecule has 0 bridgehead atoms. The first-order valence-electron chi connectivity index (χ1n) is 3.29.